The molecule has 0 aliphatic rings. The summed E-state index contributed by atoms with van der Waals surface area (Å²) >= 11 is 5.72. The zero-order chi connectivity index (χ0) is 14.5. The first-order valence-corrected chi connectivity index (χ1v) is 6.43. The van der Waals surface area contributed by atoms with Gasteiger partial charge in [0.15, 0.2) is 0 Å². The van der Waals surface area contributed by atoms with Crippen LogP contribution in [0.3, 0.4) is 0 Å². The number of nitrogens with zero attached hydrogens (tertiary/aromatic N) is 3. The molecule has 7 heteroatoms. The highest BCUT2D eigenvalue weighted by Crippen LogP contribution is 2.09. The summed E-state index contributed by atoms with van der Waals surface area (Å²) in [6, 6.07) is 5.27. The largest absolute Gasteiger partial charge is 0.338 e. The van der Waals surface area contributed by atoms with E-state index in [1.54, 1.807) is 25.3 Å². The van der Waals surface area contributed by atoms with Gasteiger partial charge in [0.05, 0.1) is 12.2 Å². The normalized spacial score (nSPS) is 10.8. The first-order chi connectivity index (χ1) is 9.52. The molecule has 0 radical (unpaired) electrons. The molecular formula is C13H15ClN4O2. The maximum absolute atomic E-state index is 11.8. The summed E-state index contributed by atoms with van der Waals surface area (Å²) in [7, 11) is 1.85. The predicted octanol–water partition coefficient (Wildman–Crippen LogP) is 2.10. The number of likely N-dealkylation sites (N-methyl/N-ethyl adjacent to an activating group) is 1. The van der Waals surface area contributed by atoms with Crippen molar-refractivity contribution in [1.29, 1.82) is 0 Å². The van der Waals surface area contributed by atoms with Gasteiger partial charge in [-0.1, -0.05) is 22.8 Å². The lowest BCUT2D eigenvalue weighted by Gasteiger charge is -2.15. The molecule has 0 spiro atoms. The third kappa shape index (κ3) is 4.32. The summed E-state index contributed by atoms with van der Waals surface area (Å²) in [6.07, 6.45) is 1.69. The second-order valence-electron chi connectivity index (χ2n) is 4.54. The van der Waals surface area contributed by atoms with E-state index in [2.05, 4.69) is 15.5 Å². The number of carbonyl (C=O) groups excluding carboxylic acids is 1. The van der Waals surface area contributed by atoms with Crippen molar-refractivity contribution in [2.45, 2.75) is 13.5 Å². The number of aromatic nitrogens is 2. The highest BCUT2D eigenvalue weighted by Gasteiger charge is 2.10. The Hall–Kier alpha value is -1.92. The van der Waals surface area contributed by atoms with Crippen LogP contribution in [0, 0.1) is 6.92 Å². The lowest BCUT2D eigenvalue weighted by Crippen LogP contribution is -2.29. The minimum atomic E-state index is -0.162. The lowest BCUT2D eigenvalue weighted by molar-refractivity contribution is -0.117. The Morgan fingerprint density at radius 2 is 2.30 bits per heavy atom. The van der Waals surface area contributed by atoms with Gasteiger partial charge in [-0.05, 0) is 25.6 Å². The van der Waals surface area contributed by atoms with Crippen LogP contribution in [0.1, 0.15) is 11.3 Å². The standard InChI is InChI=1S/C13H15ClN4O2/c1-9-5-13(20-17-9)16-12(19)8-18(2)7-10-3-4-11(14)15-6-10/h3-6H,7-8H2,1-2H3,(H,16,19). The summed E-state index contributed by atoms with van der Waals surface area (Å²) in [5, 5.41) is 6.80. The lowest BCUT2D eigenvalue weighted by atomic mass is 10.2. The van der Waals surface area contributed by atoms with Crippen LogP contribution < -0.4 is 5.32 Å². The van der Waals surface area contributed by atoms with Gasteiger partial charge < -0.3 is 4.52 Å². The second kappa shape index (κ2) is 6.49. The Balaban J connectivity index is 1.83. The fourth-order valence-electron chi connectivity index (χ4n) is 1.71. The summed E-state index contributed by atoms with van der Waals surface area (Å²) in [5.74, 6) is 0.194. The summed E-state index contributed by atoms with van der Waals surface area (Å²) in [6.45, 7) is 2.63. The molecule has 2 rings (SSSR count). The van der Waals surface area contributed by atoms with Crippen LogP contribution in [0.2, 0.25) is 5.15 Å². The van der Waals surface area contributed by atoms with Crippen molar-refractivity contribution in [3.05, 3.63) is 40.8 Å². The van der Waals surface area contributed by atoms with Crippen molar-refractivity contribution in [3.8, 4) is 0 Å². The number of rotatable bonds is 5. The minimum Gasteiger partial charge on any atom is -0.338 e. The van der Waals surface area contributed by atoms with Gasteiger partial charge in [-0.15, -0.1) is 0 Å². The van der Waals surface area contributed by atoms with Crippen molar-refractivity contribution in [1.82, 2.24) is 15.0 Å². The third-order valence-electron chi connectivity index (χ3n) is 2.55. The molecule has 0 aliphatic heterocycles. The molecular weight excluding hydrogens is 280 g/mol. The molecule has 2 aromatic heterocycles. The van der Waals surface area contributed by atoms with Crippen molar-refractivity contribution in [3.63, 3.8) is 0 Å². The fraction of sp³-hybridized carbons (Fsp3) is 0.308. The van der Waals surface area contributed by atoms with Gasteiger partial charge in [-0.25, -0.2) is 4.98 Å². The molecule has 0 aliphatic carbocycles. The van der Waals surface area contributed by atoms with E-state index >= 15 is 0 Å². The van der Waals surface area contributed by atoms with Gasteiger partial charge >= 0.3 is 0 Å². The number of halogens is 1. The first-order valence-electron chi connectivity index (χ1n) is 6.05. The third-order valence-corrected chi connectivity index (χ3v) is 2.77. The molecule has 0 saturated heterocycles. The molecule has 106 valence electrons. The van der Waals surface area contributed by atoms with Crippen LogP contribution in [0.4, 0.5) is 5.88 Å². The molecule has 2 heterocycles. The Morgan fingerprint density at radius 3 is 2.90 bits per heavy atom. The molecule has 0 saturated carbocycles. The zero-order valence-electron chi connectivity index (χ0n) is 11.3. The Kier molecular flexibility index (Phi) is 4.70. The summed E-state index contributed by atoms with van der Waals surface area (Å²) in [4.78, 5) is 17.7. The van der Waals surface area contributed by atoms with Gasteiger partial charge in [0.1, 0.15) is 5.15 Å². The summed E-state index contributed by atoms with van der Waals surface area (Å²) < 4.78 is 4.92. The van der Waals surface area contributed by atoms with E-state index in [1.807, 2.05) is 18.0 Å². The summed E-state index contributed by atoms with van der Waals surface area (Å²) in [5.41, 5.74) is 1.71. The first kappa shape index (κ1) is 14.5. The molecule has 20 heavy (non-hydrogen) atoms. The van der Waals surface area contributed by atoms with Gasteiger partial charge in [0.2, 0.25) is 11.8 Å². The molecule has 0 atom stereocenters. The number of aryl methyl sites for hydroxylation is 1. The molecule has 1 N–H and O–H groups in total. The molecule has 6 nitrogen and oxygen atoms in total. The van der Waals surface area contributed by atoms with E-state index < -0.39 is 0 Å². The quantitative estimate of drug-likeness (QED) is 0.855. The maximum Gasteiger partial charge on any atom is 0.240 e. The van der Waals surface area contributed by atoms with Gasteiger partial charge in [0, 0.05) is 18.8 Å². The molecule has 1 amide bonds. The van der Waals surface area contributed by atoms with Crippen LogP contribution in [-0.2, 0) is 11.3 Å². The SMILES string of the molecule is Cc1cc(NC(=O)CN(C)Cc2ccc(Cl)nc2)on1. The van der Waals surface area contributed by atoms with E-state index in [9.17, 15) is 4.79 Å². The van der Waals surface area contributed by atoms with E-state index in [4.69, 9.17) is 16.1 Å². The number of nitrogens with one attached hydrogen (secondary N) is 1. The Labute approximate surface area is 121 Å². The Bertz CT molecular complexity index is 582. The number of hydrogen-bond donors (Lipinski definition) is 1. The zero-order valence-corrected chi connectivity index (χ0v) is 12.0. The Morgan fingerprint density at radius 1 is 1.50 bits per heavy atom. The number of pyridine rings is 1. The molecule has 0 fully saturated rings. The van der Waals surface area contributed by atoms with Crippen molar-refractivity contribution < 1.29 is 9.32 Å². The van der Waals surface area contributed by atoms with Gasteiger partial charge in [0.25, 0.3) is 0 Å². The predicted molar refractivity (Wildman–Crippen MR) is 75.5 cm³/mol. The molecule has 2 aromatic rings. The van der Waals surface area contributed by atoms with Crippen molar-refractivity contribution in [2.75, 3.05) is 18.9 Å². The van der Waals surface area contributed by atoms with Crippen molar-refractivity contribution >= 4 is 23.4 Å². The molecule has 0 bridgehead atoms. The topological polar surface area (TPSA) is 71.3 Å². The van der Waals surface area contributed by atoms with E-state index in [0.29, 0.717) is 17.6 Å². The minimum absolute atomic E-state index is 0.162. The van der Waals surface area contributed by atoms with E-state index in [0.717, 1.165) is 11.3 Å². The van der Waals surface area contributed by atoms with Gasteiger partial charge in [-0.2, -0.15) is 0 Å². The van der Waals surface area contributed by atoms with E-state index in [1.165, 1.54) is 0 Å². The van der Waals surface area contributed by atoms with Gasteiger partial charge in [-0.3, -0.25) is 15.0 Å². The maximum atomic E-state index is 11.8. The molecule has 0 unspecified atom stereocenters. The number of anilines is 1. The van der Waals surface area contributed by atoms with Crippen LogP contribution >= 0.6 is 11.6 Å². The van der Waals surface area contributed by atoms with Crippen LogP contribution in [0.5, 0.6) is 0 Å². The smallest absolute Gasteiger partial charge is 0.240 e. The highest BCUT2D eigenvalue weighted by atomic mass is 35.5. The van der Waals surface area contributed by atoms with Crippen molar-refractivity contribution in [2.24, 2.45) is 0 Å². The average Bonchev–Trinajstić information content (AvgIpc) is 2.77. The van der Waals surface area contributed by atoms with Crippen LogP contribution in [0.15, 0.2) is 28.9 Å². The van der Waals surface area contributed by atoms with Crippen LogP contribution in [-0.4, -0.2) is 34.5 Å². The second-order valence-corrected chi connectivity index (χ2v) is 4.93. The highest BCUT2D eigenvalue weighted by molar-refractivity contribution is 6.29. The number of carbonyl (C=O) groups is 1. The number of hydrogen-bond acceptors (Lipinski definition) is 5. The average molecular weight is 295 g/mol. The van der Waals surface area contributed by atoms with E-state index in [-0.39, 0.29) is 12.5 Å². The molecule has 0 aromatic carbocycles. The fourth-order valence-corrected chi connectivity index (χ4v) is 1.82. The number of amides is 1. The van der Waals surface area contributed by atoms with Crippen LogP contribution in [0.25, 0.3) is 0 Å². The monoisotopic (exact) mass is 294 g/mol.